The molecule has 0 amide bonds. The van der Waals surface area contributed by atoms with E-state index in [1.165, 1.54) is 0 Å². The van der Waals surface area contributed by atoms with Crippen molar-refractivity contribution in [2.45, 2.75) is 6.10 Å². The lowest BCUT2D eigenvalue weighted by atomic mass is 10.1. The average Bonchev–Trinajstić information content (AvgIpc) is 2.47. The molecule has 1 aliphatic heterocycles. The van der Waals surface area contributed by atoms with Gasteiger partial charge in [-0.3, -0.25) is 4.98 Å². The molecule has 1 aromatic heterocycles. The van der Waals surface area contributed by atoms with Gasteiger partial charge >= 0.3 is 0 Å². The second-order valence-corrected chi connectivity index (χ2v) is 4.06. The molecule has 2 aromatic rings. The molecule has 1 aliphatic rings. The van der Waals surface area contributed by atoms with Crippen LogP contribution in [0.2, 0.25) is 0 Å². The van der Waals surface area contributed by atoms with Crippen LogP contribution in [0.1, 0.15) is 17.4 Å². The van der Waals surface area contributed by atoms with Crippen LogP contribution in [-0.4, -0.2) is 23.3 Å². The van der Waals surface area contributed by atoms with Crippen molar-refractivity contribution in [1.82, 2.24) is 4.98 Å². The highest BCUT2D eigenvalue weighted by molar-refractivity contribution is 5.45. The average molecular weight is 243 g/mol. The van der Waals surface area contributed by atoms with E-state index in [0.29, 0.717) is 24.7 Å². The van der Waals surface area contributed by atoms with E-state index in [1.54, 1.807) is 18.3 Å². The highest BCUT2D eigenvalue weighted by Gasteiger charge is 2.16. The van der Waals surface area contributed by atoms with E-state index in [2.05, 4.69) is 4.98 Å². The Morgan fingerprint density at radius 1 is 1.06 bits per heavy atom. The van der Waals surface area contributed by atoms with E-state index in [1.807, 2.05) is 24.3 Å². The molecule has 92 valence electrons. The maximum Gasteiger partial charge on any atom is 0.161 e. The topological polar surface area (TPSA) is 51.6 Å². The zero-order valence-electron chi connectivity index (χ0n) is 9.74. The van der Waals surface area contributed by atoms with Crippen LogP contribution >= 0.6 is 0 Å². The van der Waals surface area contributed by atoms with Gasteiger partial charge in [0.25, 0.3) is 0 Å². The third-order valence-corrected chi connectivity index (χ3v) is 2.85. The summed E-state index contributed by atoms with van der Waals surface area (Å²) in [5.74, 6) is 1.40. The second-order valence-electron chi connectivity index (χ2n) is 4.06. The number of fused-ring (bicyclic) bond motifs is 1. The molecule has 0 saturated carbocycles. The minimum atomic E-state index is -0.748. The minimum absolute atomic E-state index is 0.538. The molecule has 0 bridgehead atoms. The highest BCUT2D eigenvalue weighted by atomic mass is 16.6. The van der Waals surface area contributed by atoms with Gasteiger partial charge in [-0.25, -0.2) is 0 Å². The molecular formula is C14H13NO3. The number of benzene rings is 1. The van der Waals surface area contributed by atoms with Gasteiger partial charge in [-0.15, -0.1) is 0 Å². The van der Waals surface area contributed by atoms with Crippen molar-refractivity contribution in [2.24, 2.45) is 0 Å². The van der Waals surface area contributed by atoms with Crippen molar-refractivity contribution in [2.75, 3.05) is 13.2 Å². The summed E-state index contributed by atoms with van der Waals surface area (Å²) in [5, 5.41) is 10.2. The fraction of sp³-hybridized carbons (Fsp3) is 0.214. The Kier molecular flexibility index (Phi) is 2.86. The standard InChI is InChI=1S/C14H13NO3/c16-14(11-3-1-2-6-15-11)10-4-5-12-13(9-10)18-8-7-17-12/h1-6,9,14,16H,7-8H2/t14-/m1/s1. The fourth-order valence-electron chi connectivity index (χ4n) is 1.94. The Morgan fingerprint density at radius 2 is 1.89 bits per heavy atom. The summed E-state index contributed by atoms with van der Waals surface area (Å²) in [6.07, 6.45) is 0.915. The van der Waals surface area contributed by atoms with Gasteiger partial charge in [-0.1, -0.05) is 12.1 Å². The smallest absolute Gasteiger partial charge is 0.161 e. The molecule has 0 aliphatic carbocycles. The zero-order valence-corrected chi connectivity index (χ0v) is 9.74. The Balaban J connectivity index is 1.93. The summed E-state index contributed by atoms with van der Waals surface area (Å²) in [7, 11) is 0. The summed E-state index contributed by atoms with van der Waals surface area (Å²) in [4.78, 5) is 4.15. The van der Waals surface area contributed by atoms with E-state index in [4.69, 9.17) is 9.47 Å². The molecule has 18 heavy (non-hydrogen) atoms. The SMILES string of the molecule is O[C@H](c1ccc2c(c1)OCCO2)c1ccccn1. The van der Waals surface area contributed by atoms with Crippen LogP contribution in [0.25, 0.3) is 0 Å². The van der Waals surface area contributed by atoms with Crippen molar-refractivity contribution < 1.29 is 14.6 Å². The molecule has 2 heterocycles. The number of hydrogen-bond acceptors (Lipinski definition) is 4. The van der Waals surface area contributed by atoms with Crippen LogP contribution in [0.3, 0.4) is 0 Å². The van der Waals surface area contributed by atoms with Gasteiger partial charge in [0.1, 0.15) is 19.3 Å². The van der Waals surface area contributed by atoms with E-state index in [0.717, 1.165) is 11.3 Å². The monoisotopic (exact) mass is 243 g/mol. The van der Waals surface area contributed by atoms with Crippen molar-refractivity contribution in [3.8, 4) is 11.5 Å². The van der Waals surface area contributed by atoms with Crippen LogP contribution in [0.4, 0.5) is 0 Å². The van der Waals surface area contributed by atoms with Crippen LogP contribution in [-0.2, 0) is 0 Å². The van der Waals surface area contributed by atoms with Gasteiger partial charge in [-0.05, 0) is 29.8 Å². The molecule has 1 atom stereocenters. The predicted molar refractivity (Wildman–Crippen MR) is 65.7 cm³/mol. The number of nitrogens with zero attached hydrogens (tertiary/aromatic N) is 1. The lowest BCUT2D eigenvalue weighted by Crippen LogP contribution is -2.15. The molecule has 0 fully saturated rings. The molecule has 0 saturated heterocycles. The van der Waals surface area contributed by atoms with E-state index >= 15 is 0 Å². The van der Waals surface area contributed by atoms with Gasteiger partial charge in [0.15, 0.2) is 11.5 Å². The van der Waals surface area contributed by atoms with Gasteiger partial charge in [0.2, 0.25) is 0 Å². The molecule has 0 unspecified atom stereocenters. The normalized spacial score (nSPS) is 15.2. The number of aliphatic hydroxyl groups excluding tert-OH is 1. The maximum atomic E-state index is 10.2. The van der Waals surface area contributed by atoms with Crippen LogP contribution in [0.5, 0.6) is 11.5 Å². The Hall–Kier alpha value is -2.07. The van der Waals surface area contributed by atoms with Crippen LogP contribution < -0.4 is 9.47 Å². The second kappa shape index (κ2) is 4.66. The molecule has 0 radical (unpaired) electrons. The summed E-state index contributed by atoms with van der Waals surface area (Å²) in [6.45, 7) is 1.10. The zero-order chi connectivity index (χ0) is 12.4. The van der Waals surface area contributed by atoms with Crippen LogP contribution in [0.15, 0.2) is 42.6 Å². The largest absolute Gasteiger partial charge is 0.486 e. The van der Waals surface area contributed by atoms with Crippen molar-refractivity contribution >= 4 is 0 Å². The Labute approximate surface area is 105 Å². The molecular weight excluding hydrogens is 230 g/mol. The first-order chi connectivity index (χ1) is 8.84. The third kappa shape index (κ3) is 2.02. The molecule has 3 rings (SSSR count). The fourth-order valence-corrected chi connectivity index (χ4v) is 1.94. The number of aromatic nitrogens is 1. The minimum Gasteiger partial charge on any atom is -0.486 e. The molecule has 1 N–H and O–H groups in total. The molecule has 0 spiro atoms. The molecule has 4 heteroatoms. The van der Waals surface area contributed by atoms with E-state index < -0.39 is 6.10 Å². The number of aliphatic hydroxyl groups is 1. The van der Waals surface area contributed by atoms with Gasteiger partial charge in [0.05, 0.1) is 5.69 Å². The van der Waals surface area contributed by atoms with E-state index in [9.17, 15) is 5.11 Å². The van der Waals surface area contributed by atoms with Crippen molar-refractivity contribution in [3.05, 3.63) is 53.9 Å². The predicted octanol–water partition coefficient (Wildman–Crippen LogP) is 1.93. The first-order valence-electron chi connectivity index (χ1n) is 5.83. The molecule has 1 aromatic carbocycles. The van der Waals surface area contributed by atoms with E-state index in [-0.39, 0.29) is 0 Å². The number of pyridine rings is 1. The summed E-state index contributed by atoms with van der Waals surface area (Å²) in [6, 6.07) is 10.9. The summed E-state index contributed by atoms with van der Waals surface area (Å²) in [5.41, 5.74) is 1.37. The van der Waals surface area contributed by atoms with Gasteiger partial charge < -0.3 is 14.6 Å². The number of hydrogen-bond donors (Lipinski definition) is 1. The van der Waals surface area contributed by atoms with Crippen molar-refractivity contribution in [3.63, 3.8) is 0 Å². The number of ether oxygens (including phenoxy) is 2. The Morgan fingerprint density at radius 3 is 2.67 bits per heavy atom. The first kappa shape index (κ1) is 11.0. The maximum absolute atomic E-state index is 10.2. The summed E-state index contributed by atoms with van der Waals surface area (Å²) < 4.78 is 10.9. The summed E-state index contributed by atoms with van der Waals surface area (Å²) >= 11 is 0. The highest BCUT2D eigenvalue weighted by Crippen LogP contribution is 2.33. The van der Waals surface area contributed by atoms with Gasteiger partial charge in [-0.2, -0.15) is 0 Å². The number of rotatable bonds is 2. The third-order valence-electron chi connectivity index (χ3n) is 2.85. The quantitative estimate of drug-likeness (QED) is 0.875. The van der Waals surface area contributed by atoms with Crippen molar-refractivity contribution in [1.29, 1.82) is 0 Å². The van der Waals surface area contributed by atoms with Crippen LogP contribution in [0, 0.1) is 0 Å². The lowest BCUT2D eigenvalue weighted by Gasteiger charge is -2.20. The first-order valence-corrected chi connectivity index (χ1v) is 5.83. The lowest BCUT2D eigenvalue weighted by molar-refractivity contribution is 0.169. The van der Waals surface area contributed by atoms with Gasteiger partial charge in [0, 0.05) is 6.20 Å². The Bertz CT molecular complexity index is 542. The molecule has 4 nitrogen and oxygen atoms in total.